The molecular formula is C12H15Cl2N. The monoisotopic (exact) mass is 243 g/mol. The molecule has 0 amide bonds. The molecule has 1 fully saturated rings. The van der Waals surface area contributed by atoms with E-state index in [0.29, 0.717) is 17.2 Å². The predicted molar refractivity (Wildman–Crippen MR) is 64.5 cm³/mol. The Morgan fingerprint density at radius 3 is 2.87 bits per heavy atom. The smallest absolute Gasteiger partial charge is 0.0621 e. The fourth-order valence-electron chi connectivity index (χ4n) is 2.33. The van der Waals surface area contributed by atoms with Crippen LogP contribution in [0.1, 0.15) is 25.3 Å². The molecule has 0 N–H and O–H groups in total. The minimum absolute atomic E-state index is 0.343. The third kappa shape index (κ3) is 2.46. The van der Waals surface area contributed by atoms with Crippen LogP contribution in [0.3, 0.4) is 0 Å². The van der Waals surface area contributed by atoms with Crippen LogP contribution in [-0.4, -0.2) is 10.4 Å². The van der Waals surface area contributed by atoms with Crippen LogP contribution < -0.4 is 0 Å². The van der Waals surface area contributed by atoms with E-state index in [1.807, 2.05) is 6.07 Å². The van der Waals surface area contributed by atoms with Crippen LogP contribution in [0.4, 0.5) is 0 Å². The van der Waals surface area contributed by atoms with E-state index < -0.39 is 0 Å². The fraction of sp³-hybridized carbons (Fsp3) is 0.583. The molecule has 3 atom stereocenters. The summed E-state index contributed by atoms with van der Waals surface area (Å²) in [6.45, 7) is 2.24. The summed E-state index contributed by atoms with van der Waals surface area (Å²) in [5.74, 6) is 1.27. The Morgan fingerprint density at radius 2 is 2.27 bits per heavy atom. The molecule has 0 aliphatic heterocycles. The Balaban J connectivity index is 2.07. The maximum Gasteiger partial charge on any atom is 0.0621 e. The highest BCUT2D eigenvalue weighted by Crippen LogP contribution is 2.38. The van der Waals surface area contributed by atoms with Gasteiger partial charge in [-0.1, -0.05) is 18.5 Å². The van der Waals surface area contributed by atoms with Gasteiger partial charge in [-0.15, -0.1) is 11.6 Å². The van der Waals surface area contributed by atoms with Crippen molar-refractivity contribution in [2.75, 3.05) is 0 Å². The Labute approximate surface area is 101 Å². The van der Waals surface area contributed by atoms with E-state index in [9.17, 15) is 0 Å². The maximum atomic E-state index is 6.22. The van der Waals surface area contributed by atoms with Gasteiger partial charge in [0, 0.05) is 17.8 Å². The van der Waals surface area contributed by atoms with Crippen LogP contribution in [-0.2, 0) is 6.42 Å². The highest BCUT2D eigenvalue weighted by Gasteiger charge is 2.31. The Kier molecular flexibility index (Phi) is 3.53. The number of hydrogen-bond donors (Lipinski definition) is 0. The van der Waals surface area contributed by atoms with Gasteiger partial charge >= 0.3 is 0 Å². The van der Waals surface area contributed by atoms with Gasteiger partial charge in [-0.3, -0.25) is 4.98 Å². The highest BCUT2D eigenvalue weighted by molar-refractivity contribution is 6.31. The second-order valence-corrected chi connectivity index (χ2v) is 5.35. The van der Waals surface area contributed by atoms with Crippen LogP contribution in [0.5, 0.6) is 0 Å². The molecule has 1 saturated carbocycles. The zero-order valence-electron chi connectivity index (χ0n) is 8.79. The van der Waals surface area contributed by atoms with Gasteiger partial charge in [0.05, 0.1) is 5.02 Å². The van der Waals surface area contributed by atoms with E-state index in [4.69, 9.17) is 23.2 Å². The van der Waals surface area contributed by atoms with Crippen LogP contribution in [0.2, 0.25) is 5.02 Å². The molecule has 0 saturated heterocycles. The van der Waals surface area contributed by atoms with Crippen molar-refractivity contribution in [3.63, 3.8) is 0 Å². The lowest BCUT2D eigenvalue weighted by atomic mass is 9.91. The largest absolute Gasteiger partial charge is 0.263 e. The molecule has 2 rings (SSSR count). The zero-order valence-corrected chi connectivity index (χ0v) is 10.3. The standard InChI is InChI=1S/C12H15Cl2N/c1-8-9(2-3-11(8)13)6-10-4-5-15-7-12(10)14/h4-5,7-9,11H,2-3,6H2,1H3. The van der Waals surface area contributed by atoms with E-state index in [1.165, 1.54) is 12.0 Å². The summed E-state index contributed by atoms with van der Waals surface area (Å²) in [7, 11) is 0. The van der Waals surface area contributed by atoms with Crippen molar-refractivity contribution in [3.8, 4) is 0 Å². The van der Waals surface area contributed by atoms with Crippen molar-refractivity contribution >= 4 is 23.2 Å². The quantitative estimate of drug-likeness (QED) is 0.718. The summed E-state index contributed by atoms with van der Waals surface area (Å²) in [6.07, 6.45) is 6.91. The van der Waals surface area contributed by atoms with Gasteiger partial charge in [0.1, 0.15) is 0 Å². The van der Waals surface area contributed by atoms with Gasteiger partial charge in [0.25, 0.3) is 0 Å². The number of hydrogen-bond acceptors (Lipinski definition) is 1. The van der Waals surface area contributed by atoms with Crippen LogP contribution >= 0.6 is 23.2 Å². The van der Waals surface area contributed by atoms with Gasteiger partial charge in [0.15, 0.2) is 0 Å². The molecule has 15 heavy (non-hydrogen) atoms. The average molecular weight is 244 g/mol. The first-order valence-corrected chi connectivity index (χ1v) is 6.22. The number of alkyl halides is 1. The van der Waals surface area contributed by atoms with Crippen molar-refractivity contribution in [1.29, 1.82) is 0 Å². The number of rotatable bonds is 2. The van der Waals surface area contributed by atoms with Crippen molar-refractivity contribution in [1.82, 2.24) is 4.98 Å². The van der Waals surface area contributed by atoms with E-state index in [0.717, 1.165) is 17.9 Å². The number of nitrogens with zero attached hydrogens (tertiary/aromatic N) is 1. The van der Waals surface area contributed by atoms with Gasteiger partial charge in [-0.25, -0.2) is 0 Å². The second kappa shape index (κ2) is 4.71. The van der Waals surface area contributed by atoms with Crippen LogP contribution in [0, 0.1) is 11.8 Å². The third-order valence-corrected chi connectivity index (χ3v) is 4.42. The van der Waals surface area contributed by atoms with Gasteiger partial charge in [-0.2, -0.15) is 0 Å². The first-order valence-electron chi connectivity index (χ1n) is 5.41. The lowest BCUT2D eigenvalue weighted by Gasteiger charge is -2.17. The Bertz CT molecular complexity index is 340. The Morgan fingerprint density at radius 1 is 1.47 bits per heavy atom. The van der Waals surface area contributed by atoms with Gasteiger partial charge in [-0.05, 0) is 42.7 Å². The Hall–Kier alpha value is -0.270. The molecular weight excluding hydrogens is 229 g/mol. The summed E-state index contributed by atoms with van der Waals surface area (Å²) in [4.78, 5) is 4.00. The number of pyridine rings is 1. The molecule has 1 aliphatic carbocycles. The van der Waals surface area contributed by atoms with E-state index in [-0.39, 0.29) is 0 Å². The van der Waals surface area contributed by atoms with Crippen molar-refractivity contribution in [2.45, 2.75) is 31.6 Å². The fourth-order valence-corrected chi connectivity index (χ4v) is 2.86. The maximum absolute atomic E-state index is 6.22. The molecule has 1 aromatic rings. The molecule has 1 nitrogen and oxygen atoms in total. The SMILES string of the molecule is CC1C(Cl)CCC1Cc1ccncc1Cl. The van der Waals surface area contributed by atoms with Crippen molar-refractivity contribution in [3.05, 3.63) is 29.0 Å². The van der Waals surface area contributed by atoms with E-state index >= 15 is 0 Å². The molecule has 1 heterocycles. The average Bonchev–Trinajstić information content (AvgIpc) is 2.53. The lowest BCUT2D eigenvalue weighted by Crippen LogP contribution is -2.13. The number of aromatic nitrogens is 1. The minimum atomic E-state index is 0.343. The molecule has 1 aliphatic rings. The normalized spacial score (nSPS) is 30.7. The van der Waals surface area contributed by atoms with Crippen LogP contribution in [0.15, 0.2) is 18.5 Å². The predicted octanol–water partition coefficient (Wildman–Crippen LogP) is 3.93. The second-order valence-electron chi connectivity index (χ2n) is 4.38. The molecule has 3 heteroatoms. The topological polar surface area (TPSA) is 12.9 Å². The molecule has 3 unspecified atom stereocenters. The van der Waals surface area contributed by atoms with E-state index in [2.05, 4.69) is 11.9 Å². The van der Waals surface area contributed by atoms with E-state index in [1.54, 1.807) is 12.4 Å². The van der Waals surface area contributed by atoms with Gasteiger partial charge < -0.3 is 0 Å². The third-order valence-electron chi connectivity index (χ3n) is 3.47. The highest BCUT2D eigenvalue weighted by atomic mass is 35.5. The molecule has 0 spiro atoms. The number of halogens is 2. The molecule has 1 aromatic heterocycles. The summed E-state index contributed by atoms with van der Waals surface area (Å²) in [5.41, 5.74) is 1.20. The molecule has 0 radical (unpaired) electrons. The summed E-state index contributed by atoms with van der Waals surface area (Å²) >= 11 is 12.3. The summed E-state index contributed by atoms with van der Waals surface area (Å²) in [6, 6.07) is 2.01. The molecule has 0 bridgehead atoms. The van der Waals surface area contributed by atoms with Crippen molar-refractivity contribution in [2.24, 2.45) is 11.8 Å². The summed E-state index contributed by atoms with van der Waals surface area (Å²) in [5, 5.41) is 1.12. The van der Waals surface area contributed by atoms with Crippen LogP contribution in [0.25, 0.3) is 0 Å². The molecule has 0 aromatic carbocycles. The first kappa shape index (κ1) is 11.2. The minimum Gasteiger partial charge on any atom is -0.263 e. The van der Waals surface area contributed by atoms with Gasteiger partial charge in [0.2, 0.25) is 0 Å². The first-order chi connectivity index (χ1) is 7.18. The summed E-state index contributed by atoms with van der Waals surface area (Å²) < 4.78 is 0. The van der Waals surface area contributed by atoms with Crippen molar-refractivity contribution < 1.29 is 0 Å². The lowest BCUT2D eigenvalue weighted by molar-refractivity contribution is 0.420. The zero-order chi connectivity index (χ0) is 10.8. The molecule has 82 valence electrons.